The highest BCUT2D eigenvalue weighted by Crippen LogP contribution is 2.42. The number of hydrogen-bond donors (Lipinski definition) is 2. The van der Waals surface area contributed by atoms with Crippen LogP contribution in [0, 0.1) is 11.3 Å². The zero-order valence-electron chi connectivity index (χ0n) is 25.3. The van der Waals surface area contributed by atoms with Gasteiger partial charge in [0.25, 0.3) is 0 Å². The van der Waals surface area contributed by atoms with Gasteiger partial charge >= 0.3 is 6.09 Å². The molecule has 15 heteroatoms. The van der Waals surface area contributed by atoms with Crippen molar-refractivity contribution in [3.8, 4) is 11.8 Å². The molecule has 0 spiro atoms. The molecule has 12 nitrogen and oxygen atoms in total. The van der Waals surface area contributed by atoms with Gasteiger partial charge in [0.15, 0.2) is 9.84 Å². The number of sulfone groups is 1. The number of carbonyl (C=O) groups excluding carboxylic acids is 2. The Hall–Kier alpha value is -3.15. The monoisotopic (exact) mass is 679 g/mol. The lowest BCUT2D eigenvalue weighted by atomic mass is 9.75. The molecule has 2 N–H and O–H groups in total. The van der Waals surface area contributed by atoms with E-state index in [1.54, 1.807) is 32.9 Å². The van der Waals surface area contributed by atoms with Crippen LogP contribution in [0.3, 0.4) is 0 Å². The maximum atomic E-state index is 14.6. The number of halogens is 2. The number of nitriles is 1. The second-order valence-corrected chi connectivity index (χ2v) is 15.8. The standard InChI is InChI=1S/C30H35Cl2N5O7S/c1-28(2,3)44-27(40)36-16-30(17-36,24-8-5-18(31)13-34-24)26(39)37-14-20(12-22(37)25(38)35-29(15-33)9-10-29)45(41,42)23-7-6-19(43-4)11-21(23)32/h5-8,11,13,20,22,25,35,38H,9-10,12,14,16-17H2,1-4H3. The van der Waals surface area contributed by atoms with Crippen LogP contribution in [0.2, 0.25) is 10.0 Å². The minimum absolute atomic E-state index is 0.0374. The molecule has 2 aliphatic heterocycles. The molecular weight excluding hydrogens is 645 g/mol. The van der Waals surface area contributed by atoms with Crippen molar-refractivity contribution >= 4 is 45.0 Å². The highest BCUT2D eigenvalue weighted by molar-refractivity contribution is 7.92. The van der Waals surface area contributed by atoms with E-state index in [0.29, 0.717) is 29.3 Å². The number of methoxy groups -OCH3 is 1. The third kappa shape index (κ3) is 6.44. The number of aliphatic hydroxyl groups excluding tert-OH is 1. The van der Waals surface area contributed by atoms with Gasteiger partial charge in [-0.05, 0) is 64.3 Å². The predicted molar refractivity (Wildman–Crippen MR) is 165 cm³/mol. The summed E-state index contributed by atoms with van der Waals surface area (Å²) in [4.78, 5) is 34.5. The number of ether oxygens (including phenoxy) is 2. The third-order valence-corrected chi connectivity index (χ3v) is 11.2. The molecule has 2 amide bonds. The molecule has 3 aliphatic rings. The number of benzene rings is 1. The van der Waals surface area contributed by atoms with Gasteiger partial charge in [0, 0.05) is 31.9 Å². The van der Waals surface area contributed by atoms with Crippen molar-refractivity contribution < 1.29 is 32.6 Å². The topological polar surface area (TPSA) is 162 Å². The quantitative estimate of drug-likeness (QED) is 0.396. The summed E-state index contributed by atoms with van der Waals surface area (Å²) >= 11 is 12.5. The van der Waals surface area contributed by atoms with Crippen LogP contribution in [0.1, 0.15) is 45.7 Å². The maximum Gasteiger partial charge on any atom is 0.410 e. The summed E-state index contributed by atoms with van der Waals surface area (Å²) in [7, 11) is -2.68. The molecule has 2 aromatic rings. The summed E-state index contributed by atoms with van der Waals surface area (Å²) in [5.74, 6) is -0.147. The zero-order valence-corrected chi connectivity index (χ0v) is 27.6. The number of rotatable bonds is 8. The van der Waals surface area contributed by atoms with Crippen molar-refractivity contribution in [1.29, 1.82) is 5.26 Å². The molecule has 2 saturated heterocycles. The Balaban J connectivity index is 1.50. The van der Waals surface area contributed by atoms with Crippen LogP contribution in [-0.4, -0.2) is 95.7 Å². The normalized spacial score (nSPS) is 22.6. The minimum Gasteiger partial charge on any atom is -0.497 e. The van der Waals surface area contributed by atoms with Gasteiger partial charge in [-0.1, -0.05) is 23.2 Å². The molecule has 0 radical (unpaired) electrons. The van der Waals surface area contributed by atoms with Gasteiger partial charge in [0.05, 0.1) is 45.1 Å². The van der Waals surface area contributed by atoms with Crippen molar-refractivity contribution in [2.24, 2.45) is 0 Å². The van der Waals surface area contributed by atoms with E-state index in [-0.39, 0.29) is 36.0 Å². The second-order valence-electron chi connectivity index (χ2n) is 12.8. The molecule has 1 aromatic heterocycles. The first-order chi connectivity index (χ1) is 21.0. The van der Waals surface area contributed by atoms with E-state index < -0.39 is 55.9 Å². The number of hydrogen-bond acceptors (Lipinski definition) is 10. The average Bonchev–Trinajstić information content (AvgIpc) is 3.56. The fraction of sp³-hybridized carbons (Fsp3) is 0.533. The lowest BCUT2D eigenvalue weighted by molar-refractivity contribution is -0.147. The SMILES string of the molecule is COc1ccc(S(=O)(=O)C2CC(C(O)NC3(C#N)CC3)N(C(=O)C3(c4ccc(Cl)cn4)CN(C(=O)OC(C)(C)C)C3)C2)c(Cl)c1. The zero-order chi connectivity index (χ0) is 32.9. The number of nitrogens with zero attached hydrogens (tertiary/aromatic N) is 4. The van der Waals surface area contributed by atoms with Gasteiger partial charge in [-0.25, -0.2) is 13.2 Å². The molecular formula is C30H35Cl2N5O7S. The fourth-order valence-corrected chi connectivity index (χ4v) is 8.16. The molecule has 5 rings (SSSR count). The summed E-state index contributed by atoms with van der Waals surface area (Å²) in [6.07, 6.45) is 0.245. The van der Waals surface area contributed by atoms with Crippen LogP contribution in [0.4, 0.5) is 4.79 Å². The van der Waals surface area contributed by atoms with Gasteiger partial charge in [0.2, 0.25) is 5.91 Å². The maximum absolute atomic E-state index is 14.6. The lowest BCUT2D eigenvalue weighted by Gasteiger charge is -2.50. The highest BCUT2D eigenvalue weighted by Gasteiger charge is 2.59. The highest BCUT2D eigenvalue weighted by atomic mass is 35.5. The molecule has 1 aliphatic carbocycles. The van der Waals surface area contributed by atoms with E-state index in [1.807, 2.05) is 0 Å². The molecule has 3 heterocycles. The minimum atomic E-state index is -4.11. The van der Waals surface area contributed by atoms with Crippen LogP contribution in [0.25, 0.3) is 0 Å². The number of nitrogens with one attached hydrogen (secondary N) is 1. The van der Waals surface area contributed by atoms with E-state index in [4.69, 9.17) is 32.7 Å². The van der Waals surface area contributed by atoms with Gasteiger partial charge < -0.3 is 24.4 Å². The number of amides is 2. The first-order valence-corrected chi connectivity index (χ1v) is 16.7. The number of pyridine rings is 1. The molecule has 1 saturated carbocycles. The van der Waals surface area contributed by atoms with Gasteiger partial charge in [-0.2, -0.15) is 5.26 Å². The van der Waals surface area contributed by atoms with Gasteiger partial charge in [0.1, 0.15) is 28.5 Å². The summed E-state index contributed by atoms with van der Waals surface area (Å²) in [6, 6.07) is 8.52. The van der Waals surface area contributed by atoms with Crippen molar-refractivity contribution in [3.63, 3.8) is 0 Å². The predicted octanol–water partition coefficient (Wildman–Crippen LogP) is 3.29. The Labute approximate surface area is 272 Å². The summed E-state index contributed by atoms with van der Waals surface area (Å²) in [5, 5.41) is 23.1. The fourth-order valence-electron chi connectivity index (χ4n) is 5.80. The Morgan fingerprint density at radius 2 is 1.89 bits per heavy atom. The molecule has 242 valence electrons. The van der Waals surface area contributed by atoms with Crippen molar-refractivity contribution in [1.82, 2.24) is 20.1 Å². The smallest absolute Gasteiger partial charge is 0.410 e. The van der Waals surface area contributed by atoms with Crippen LogP contribution >= 0.6 is 23.2 Å². The Morgan fingerprint density at radius 1 is 1.20 bits per heavy atom. The third-order valence-electron chi connectivity index (χ3n) is 8.40. The average molecular weight is 681 g/mol. The summed E-state index contributed by atoms with van der Waals surface area (Å²) < 4.78 is 38.6. The van der Waals surface area contributed by atoms with Crippen molar-refractivity contribution in [2.45, 2.75) is 79.0 Å². The van der Waals surface area contributed by atoms with Crippen LogP contribution in [0.5, 0.6) is 5.75 Å². The largest absolute Gasteiger partial charge is 0.497 e. The van der Waals surface area contributed by atoms with Crippen molar-refractivity contribution in [2.75, 3.05) is 26.7 Å². The molecule has 0 bridgehead atoms. The Morgan fingerprint density at radius 3 is 2.42 bits per heavy atom. The first-order valence-electron chi connectivity index (χ1n) is 14.4. The number of likely N-dealkylation sites (tertiary alicyclic amines) is 2. The molecule has 1 aromatic carbocycles. The van der Waals surface area contributed by atoms with E-state index in [2.05, 4.69) is 16.4 Å². The van der Waals surface area contributed by atoms with E-state index in [1.165, 1.54) is 41.3 Å². The number of carbonyl (C=O) groups is 2. The number of aliphatic hydroxyl groups is 1. The van der Waals surface area contributed by atoms with Crippen LogP contribution in [-0.2, 0) is 24.8 Å². The second kappa shape index (κ2) is 11.9. The molecule has 3 fully saturated rings. The Kier molecular flexibility index (Phi) is 8.78. The molecule has 3 atom stereocenters. The molecule has 45 heavy (non-hydrogen) atoms. The van der Waals surface area contributed by atoms with Crippen LogP contribution < -0.4 is 10.1 Å². The molecule has 3 unspecified atom stereocenters. The lowest BCUT2D eigenvalue weighted by Crippen LogP contribution is -2.69. The first kappa shape index (κ1) is 33.2. The Bertz CT molecular complexity index is 1630. The van der Waals surface area contributed by atoms with Gasteiger partial charge in [-0.3, -0.25) is 15.1 Å². The number of aromatic nitrogens is 1. The van der Waals surface area contributed by atoms with Crippen LogP contribution in [0.15, 0.2) is 41.4 Å². The van der Waals surface area contributed by atoms with E-state index in [0.717, 1.165) is 0 Å². The summed E-state index contributed by atoms with van der Waals surface area (Å²) in [5.41, 5.74) is -2.76. The van der Waals surface area contributed by atoms with Crippen molar-refractivity contribution in [3.05, 3.63) is 52.3 Å². The van der Waals surface area contributed by atoms with E-state index >= 15 is 0 Å². The summed E-state index contributed by atoms with van der Waals surface area (Å²) in [6.45, 7) is 4.75. The van der Waals surface area contributed by atoms with Gasteiger partial charge in [-0.15, -0.1) is 0 Å². The van der Waals surface area contributed by atoms with E-state index in [9.17, 15) is 28.4 Å².